The quantitative estimate of drug-likeness (QED) is 0.897. The highest BCUT2D eigenvalue weighted by molar-refractivity contribution is 9.10. The second-order valence-electron chi connectivity index (χ2n) is 5.60. The Morgan fingerprint density at radius 2 is 2.15 bits per heavy atom. The monoisotopic (exact) mass is 334 g/mol. The summed E-state index contributed by atoms with van der Waals surface area (Å²) in [6.45, 7) is 4.30. The van der Waals surface area contributed by atoms with Gasteiger partial charge in [0.2, 0.25) is 0 Å². The van der Waals surface area contributed by atoms with Crippen LogP contribution in [-0.2, 0) is 0 Å². The van der Waals surface area contributed by atoms with Crippen LogP contribution in [0.15, 0.2) is 16.9 Å². The third-order valence-electron chi connectivity index (χ3n) is 3.81. The first-order valence-corrected chi connectivity index (χ1v) is 7.90. The first-order chi connectivity index (χ1) is 9.59. The molecule has 2 aromatic rings. The molecular formula is C15H19BrN4. The summed E-state index contributed by atoms with van der Waals surface area (Å²) in [4.78, 5) is 9.00. The summed E-state index contributed by atoms with van der Waals surface area (Å²) < 4.78 is 2.96. The molecule has 3 rings (SSSR count). The Hall–Kier alpha value is -1.36. The van der Waals surface area contributed by atoms with Gasteiger partial charge in [0.05, 0.1) is 11.9 Å². The van der Waals surface area contributed by atoms with E-state index < -0.39 is 0 Å². The SMILES string of the molecule is CC(C)c1nc(Br)c2c(N)ncc(C3=CCCCC3)n12. The third-order valence-corrected chi connectivity index (χ3v) is 4.36. The number of imidazole rings is 1. The summed E-state index contributed by atoms with van der Waals surface area (Å²) in [6, 6.07) is 0. The van der Waals surface area contributed by atoms with Crippen molar-refractivity contribution < 1.29 is 0 Å². The first kappa shape index (κ1) is 13.6. The van der Waals surface area contributed by atoms with Crippen molar-refractivity contribution in [3.63, 3.8) is 0 Å². The number of nitrogens with zero attached hydrogens (tertiary/aromatic N) is 3. The summed E-state index contributed by atoms with van der Waals surface area (Å²) in [5.74, 6) is 1.89. The van der Waals surface area contributed by atoms with Gasteiger partial charge in [0.15, 0.2) is 5.82 Å². The predicted octanol–water partition coefficient (Wildman–Crippen LogP) is 4.15. The number of halogens is 1. The lowest BCUT2D eigenvalue weighted by atomic mass is 9.97. The Morgan fingerprint density at radius 3 is 2.80 bits per heavy atom. The van der Waals surface area contributed by atoms with E-state index in [0.717, 1.165) is 34.5 Å². The molecular weight excluding hydrogens is 316 g/mol. The highest BCUT2D eigenvalue weighted by Gasteiger charge is 2.20. The topological polar surface area (TPSA) is 56.2 Å². The van der Waals surface area contributed by atoms with Crippen molar-refractivity contribution in [2.24, 2.45) is 0 Å². The lowest BCUT2D eigenvalue weighted by molar-refractivity contribution is 0.729. The number of rotatable bonds is 2. The highest BCUT2D eigenvalue weighted by Crippen LogP contribution is 2.33. The van der Waals surface area contributed by atoms with E-state index in [9.17, 15) is 0 Å². The molecule has 0 fully saturated rings. The van der Waals surface area contributed by atoms with Crippen molar-refractivity contribution in [2.45, 2.75) is 45.4 Å². The molecule has 0 spiro atoms. The number of aromatic nitrogens is 3. The summed E-state index contributed by atoms with van der Waals surface area (Å²) in [7, 11) is 0. The fourth-order valence-corrected chi connectivity index (χ4v) is 3.37. The normalized spacial score (nSPS) is 15.9. The van der Waals surface area contributed by atoms with Crippen LogP contribution in [0.4, 0.5) is 5.82 Å². The van der Waals surface area contributed by atoms with Crippen LogP contribution in [0.1, 0.15) is 57.0 Å². The smallest absolute Gasteiger partial charge is 0.150 e. The van der Waals surface area contributed by atoms with E-state index in [1.165, 1.54) is 18.4 Å². The van der Waals surface area contributed by atoms with Crippen LogP contribution < -0.4 is 5.73 Å². The van der Waals surface area contributed by atoms with E-state index >= 15 is 0 Å². The molecule has 0 bridgehead atoms. The van der Waals surface area contributed by atoms with Crippen molar-refractivity contribution in [3.8, 4) is 0 Å². The van der Waals surface area contributed by atoms with Crippen LogP contribution in [0.5, 0.6) is 0 Å². The largest absolute Gasteiger partial charge is 0.382 e. The maximum atomic E-state index is 6.05. The van der Waals surface area contributed by atoms with Crippen molar-refractivity contribution in [2.75, 3.05) is 5.73 Å². The minimum absolute atomic E-state index is 0.332. The van der Waals surface area contributed by atoms with Gasteiger partial charge < -0.3 is 5.73 Å². The molecule has 1 aliphatic carbocycles. The number of fused-ring (bicyclic) bond motifs is 1. The molecule has 0 saturated heterocycles. The first-order valence-electron chi connectivity index (χ1n) is 7.11. The molecule has 2 N–H and O–H groups in total. The van der Waals surface area contributed by atoms with E-state index in [2.05, 4.69) is 50.2 Å². The van der Waals surface area contributed by atoms with Gasteiger partial charge in [-0.05, 0) is 47.2 Å². The Bertz CT molecular complexity index is 685. The maximum Gasteiger partial charge on any atom is 0.150 e. The van der Waals surface area contributed by atoms with Crippen LogP contribution in [-0.4, -0.2) is 14.4 Å². The Balaban J connectivity index is 2.32. The molecule has 0 saturated carbocycles. The molecule has 4 nitrogen and oxygen atoms in total. The van der Waals surface area contributed by atoms with Crippen molar-refractivity contribution in [1.82, 2.24) is 14.4 Å². The van der Waals surface area contributed by atoms with Crippen molar-refractivity contribution in [3.05, 3.63) is 28.4 Å². The Labute approximate surface area is 127 Å². The molecule has 106 valence electrons. The zero-order valence-corrected chi connectivity index (χ0v) is 13.4. The molecule has 0 aliphatic heterocycles. The average Bonchev–Trinajstić information content (AvgIpc) is 2.79. The standard InChI is InChI=1S/C15H19BrN4/c1-9(2)15-19-13(16)12-14(17)18-8-11(20(12)15)10-6-4-3-5-7-10/h6,8-9H,3-5,7H2,1-2H3,(H2,17,18). The van der Waals surface area contributed by atoms with Crippen LogP contribution in [0.25, 0.3) is 11.1 Å². The summed E-state index contributed by atoms with van der Waals surface area (Å²) in [6.07, 6.45) is 8.99. The number of allylic oxidation sites excluding steroid dienone is 2. The van der Waals surface area contributed by atoms with Gasteiger partial charge in [0.25, 0.3) is 0 Å². The lowest BCUT2D eigenvalue weighted by Crippen LogP contribution is -2.07. The minimum atomic E-state index is 0.332. The molecule has 2 heterocycles. The van der Waals surface area contributed by atoms with Crippen LogP contribution in [0.3, 0.4) is 0 Å². The highest BCUT2D eigenvalue weighted by atomic mass is 79.9. The van der Waals surface area contributed by atoms with E-state index in [4.69, 9.17) is 5.73 Å². The van der Waals surface area contributed by atoms with E-state index in [1.807, 2.05) is 6.20 Å². The molecule has 0 unspecified atom stereocenters. The third kappa shape index (κ3) is 2.14. The predicted molar refractivity (Wildman–Crippen MR) is 85.6 cm³/mol. The average molecular weight is 335 g/mol. The van der Waals surface area contributed by atoms with Gasteiger partial charge in [-0.25, -0.2) is 9.97 Å². The maximum absolute atomic E-state index is 6.05. The molecule has 2 aromatic heterocycles. The summed E-state index contributed by atoms with van der Waals surface area (Å²) in [5, 5.41) is 0. The number of anilines is 1. The van der Waals surface area contributed by atoms with Crippen LogP contribution in [0.2, 0.25) is 0 Å². The van der Waals surface area contributed by atoms with Crippen molar-refractivity contribution >= 4 is 32.8 Å². The fourth-order valence-electron chi connectivity index (χ4n) is 2.81. The van der Waals surface area contributed by atoms with E-state index in [0.29, 0.717) is 11.7 Å². The molecule has 1 aliphatic rings. The summed E-state index contributed by atoms with van der Waals surface area (Å²) >= 11 is 3.52. The molecule has 5 heteroatoms. The lowest BCUT2D eigenvalue weighted by Gasteiger charge is -2.17. The van der Waals surface area contributed by atoms with Gasteiger partial charge in [-0.3, -0.25) is 4.40 Å². The van der Waals surface area contributed by atoms with Gasteiger partial charge in [0.1, 0.15) is 15.9 Å². The zero-order chi connectivity index (χ0) is 14.3. The van der Waals surface area contributed by atoms with Crippen molar-refractivity contribution in [1.29, 1.82) is 0 Å². The van der Waals surface area contributed by atoms with Crippen LogP contribution in [0, 0.1) is 0 Å². The molecule has 0 amide bonds. The van der Waals surface area contributed by atoms with Gasteiger partial charge >= 0.3 is 0 Å². The minimum Gasteiger partial charge on any atom is -0.382 e. The van der Waals surface area contributed by atoms with Gasteiger partial charge in [-0.2, -0.15) is 0 Å². The van der Waals surface area contributed by atoms with Crippen LogP contribution >= 0.6 is 15.9 Å². The molecule has 20 heavy (non-hydrogen) atoms. The number of hydrogen-bond donors (Lipinski definition) is 1. The fraction of sp³-hybridized carbons (Fsp3) is 0.467. The van der Waals surface area contributed by atoms with Gasteiger partial charge in [-0.1, -0.05) is 19.9 Å². The van der Waals surface area contributed by atoms with E-state index in [1.54, 1.807) is 0 Å². The number of hydrogen-bond acceptors (Lipinski definition) is 3. The second kappa shape index (κ2) is 5.20. The molecule has 0 atom stereocenters. The van der Waals surface area contributed by atoms with Gasteiger partial charge in [0, 0.05) is 5.92 Å². The second-order valence-corrected chi connectivity index (χ2v) is 6.35. The molecule has 0 radical (unpaired) electrons. The number of nitrogens with two attached hydrogens (primary N) is 1. The Morgan fingerprint density at radius 1 is 1.35 bits per heavy atom. The van der Waals surface area contributed by atoms with Gasteiger partial charge in [-0.15, -0.1) is 0 Å². The molecule has 0 aromatic carbocycles. The summed E-state index contributed by atoms with van der Waals surface area (Å²) in [5.41, 5.74) is 9.43. The number of nitrogen functional groups attached to an aromatic ring is 1. The zero-order valence-electron chi connectivity index (χ0n) is 11.9. The Kier molecular flexibility index (Phi) is 3.54. The van der Waals surface area contributed by atoms with E-state index in [-0.39, 0.29) is 0 Å².